The number of amides is 4. The van der Waals surface area contributed by atoms with E-state index in [9.17, 15) is 14.4 Å². The highest BCUT2D eigenvalue weighted by molar-refractivity contribution is 7.07. The number of rotatable bonds is 4. The number of nitrogens with zero attached hydrogens (tertiary/aromatic N) is 2. The molecule has 2 rings (SSSR count). The Morgan fingerprint density at radius 1 is 1.44 bits per heavy atom. The van der Waals surface area contributed by atoms with E-state index in [1.54, 1.807) is 10.9 Å². The molecule has 0 spiro atoms. The van der Waals surface area contributed by atoms with Gasteiger partial charge in [-0.25, -0.2) is 9.78 Å². The Balaban J connectivity index is 2.15. The molecule has 1 aliphatic rings. The molecule has 2 heterocycles. The number of hydrogen-bond donors (Lipinski definition) is 1. The molecule has 1 aromatic rings. The van der Waals surface area contributed by atoms with Gasteiger partial charge in [-0.1, -0.05) is 13.3 Å². The predicted molar refractivity (Wildman–Crippen MR) is 64.6 cm³/mol. The Morgan fingerprint density at radius 2 is 2.22 bits per heavy atom. The van der Waals surface area contributed by atoms with Crippen LogP contribution in [0.1, 0.15) is 25.5 Å². The monoisotopic (exact) mass is 267 g/mol. The van der Waals surface area contributed by atoms with Crippen molar-refractivity contribution in [1.82, 2.24) is 15.2 Å². The number of nitrogens with one attached hydrogen (secondary N) is 1. The molecule has 18 heavy (non-hydrogen) atoms. The van der Waals surface area contributed by atoms with Crippen molar-refractivity contribution in [3.63, 3.8) is 0 Å². The zero-order chi connectivity index (χ0) is 13.1. The lowest BCUT2D eigenvalue weighted by molar-refractivity contribution is -0.143. The molecule has 0 radical (unpaired) electrons. The molecule has 6 nitrogen and oxygen atoms in total. The van der Waals surface area contributed by atoms with Crippen LogP contribution < -0.4 is 5.32 Å². The van der Waals surface area contributed by atoms with E-state index in [1.807, 2.05) is 6.92 Å². The van der Waals surface area contributed by atoms with Crippen LogP contribution in [0, 0.1) is 5.92 Å². The molecule has 1 saturated heterocycles. The molecule has 4 amide bonds. The van der Waals surface area contributed by atoms with E-state index in [0.29, 0.717) is 18.5 Å². The van der Waals surface area contributed by atoms with E-state index in [4.69, 9.17) is 0 Å². The summed E-state index contributed by atoms with van der Waals surface area (Å²) in [6.07, 6.45) is 1.16. The summed E-state index contributed by atoms with van der Waals surface area (Å²) in [5.74, 6) is -1.69. The average Bonchev–Trinajstić information content (AvgIpc) is 2.83. The molecular formula is C11H13N3O3S. The number of thiazole rings is 1. The van der Waals surface area contributed by atoms with Crippen LogP contribution in [0.3, 0.4) is 0 Å². The van der Waals surface area contributed by atoms with Crippen LogP contribution >= 0.6 is 11.3 Å². The van der Waals surface area contributed by atoms with E-state index in [2.05, 4.69) is 10.3 Å². The molecule has 1 aliphatic heterocycles. The average molecular weight is 267 g/mol. The van der Waals surface area contributed by atoms with Gasteiger partial charge in [0.1, 0.15) is 5.92 Å². The number of carbonyl (C=O) groups is 3. The maximum Gasteiger partial charge on any atom is 0.331 e. The van der Waals surface area contributed by atoms with E-state index >= 15 is 0 Å². The third-order valence-corrected chi connectivity index (χ3v) is 3.37. The first-order valence-electron chi connectivity index (χ1n) is 5.66. The van der Waals surface area contributed by atoms with Crippen molar-refractivity contribution in [3.8, 4) is 0 Å². The van der Waals surface area contributed by atoms with Crippen molar-refractivity contribution in [2.24, 2.45) is 5.92 Å². The van der Waals surface area contributed by atoms with E-state index in [-0.39, 0.29) is 6.54 Å². The molecule has 1 N–H and O–H groups in total. The smallest absolute Gasteiger partial charge is 0.277 e. The van der Waals surface area contributed by atoms with Gasteiger partial charge < -0.3 is 0 Å². The highest BCUT2D eigenvalue weighted by atomic mass is 32.1. The topological polar surface area (TPSA) is 79.4 Å². The van der Waals surface area contributed by atoms with Crippen molar-refractivity contribution >= 4 is 29.2 Å². The van der Waals surface area contributed by atoms with Gasteiger partial charge in [0.05, 0.1) is 17.7 Å². The van der Waals surface area contributed by atoms with Crippen molar-refractivity contribution in [1.29, 1.82) is 0 Å². The standard InChI is InChI=1S/C11H13N3O3S/c1-2-3-8-9(15)13-11(17)14(10(8)16)4-7-5-18-6-12-7/h5-6,8H,2-4H2,1H3,(H,13,15,17). The van der Waals surface area contributed by atoms with E-state index in [0.717, 1.165) is 4.90 Å². The summed E-state index contributed by atoms with van der Waals surface area (Å²) in [7, 11) is 0. The SMILES string of the molecule is CCCC1C(=O)NC(=O)N(Cc2cscn2)C1=O. The molecule has 0 aromatic carbocycles. The Morgan fingerprint density at radius 3 is 2.83 bits per heavy atom. The molecule has 1 fully saturated rings. The Kier molecular flexibility index (Phi) is 3.71. The van der Waals surface area contributed by atoms with Gasteiger partial charge in [0.25, 0.3) is 0 Å². The molecule has 0 bridgehead atoms. The lowest BCUT2D eigenvalue weighted by atomic mass is 9.99. The first-order chi connectivity index (χ1) is 8.63. The fourth-order valence-corrected chi connectivity index (χ4v) is 2.38. The number of urea groups is 1. The molecule has 7 heteroatoms. The number of imide groups is 2. The first-order valence-corrected chi connectivity index (χ1v) is 6.61. The van der Waals surface area contributed by atoms with Crippen LogP contribution in [0.25, 0.3) is 0 Å². The van der Waals surface area contributed by atoms with Crippen molar-refractivity contribution in [2.45, 2.75) is 26.3 Å². The van der Waals surface area contributed by atoms with Gasteiger partial charge in [-0.2, -0.15) is 0 Å². The minimum Gasteiger partial charge on any atom is -0.277 e. The molecule has 0 saturated carbocycles. The maximum absolute atomic E-state index is 12.1. The highest BCUT2D eigenvalue weighted by Crippen LogP contribution is 2.18. The Labute approximate surface area is 108 Å². The molecular weight excluding hydrogens is 254 g/mol. The summed E-state index contributed by atoms with van der Waals surface area (Å²) in [6, 6.07) is -0.662. The number of barbiturate groups is 1. The molecule has 1 unspecified atom stereocenters. The summed E-state index contributed by atoms with van der Waals surface area (Å²) >= 11 is 1.39. The van der Waals surface area contributed by atoms with Crippen molar-refractivity contribution < 1.29 is 14.4 Å². The molecule has 1 atom stereocenters. The van der Waals surface area contributed by atoms with Gasteiger partial charge in [-0.15, -0.1) is 11.3 Å². The van der Waals surface area contributed by atoms with Crippen molar-refractivity contribution in [3.05, 3.63) is 16.6 Å². The van der Waals surface area contributed by atoms with Crippen molar-refractivity contribution in [2.75, 3.05) is 0 Å². The number of hydrogen-bond acceptors (Lipinski definition) is 5. The van der Waals surface area contributed by atoms with E-state index in [1.165, 1.54) is 11.3 Å². The highest BCUT2D eigenvalue weighted by Gasteiger charge is 2.39. The number of aromatic nitrogens is 1. The van der Waals surface area contributed by atoms with Crippen LogP contribution in [-0.4, -0.2) is 27.7 Å². The zero-order valence-corrected chi connectivity index (χ0v) is 10.7. The Hall–Kier alpha value is -1.76. The molecule has 96 valence electrons. The second kappa shape index (κ2) is 5.26. The lowest BCUT2D eigenvalue weighted by Gasteiger charge is -2.29. The minimum absolute atomic E-state index is 0.113. The van der Waals surface area contributed by atoms with Crippen LogP contribution in [0.2, 0.25) is 0 Å². The zero-order valence-electron chi connectivity index (χ0n) is 9.88. The number of carbonyl (C=O) groups excluding carboxylic acids is 3. The third-order valence-electron chi connectivity index (χ3n) is 2.74. The maximum atomic E-state index is 12.1. The van der Waals surface area contributed by atoms with Gasteiger partial charge in [0.2, 0.25) is 11.8 Å². The summed E-state index contributed by atoms with van der Waals surface area (Å²) in [5, 5.41) is 3.98. The minimum atomic E-state index is -0.758. The summed E-state index contributed by atoms with van der Waals surface area (Å²) in [6.45, 7) is 2.00. The summed E-state index contributed by atoms with van der Waals surface area (Å²) in [4.78, 5) is 40.4. The quantitative estimate of drug-likeness (QED) is 0.830. The van der Waals surface area contributed by atoms with Crippen LogP contribution in [-0.2, 0) is 16.1 Å². The normalized spacial score (nSPS) is 20.2. The lowest BCUT2D eigenvalue weighted by Crippen LogP contribution is -2.57. The van der Waals surface area contributed by atoms with Crippen LogP contribution in [0.15, 0.2) is 10.9 Å². The van der Waals surface area contributed by atoms with Crippen LogP contribution in [0.4, 0.5) is 4.79 Å². The Bertz CT molecular complexity index is 472. The predicted octanol–water partition coefficient (Wildman–Crippen LogP) is 1.14. The van der Waals surface area contributed by atoms with Gasteiger partial charge in [-0.3, -0.25) is 19.8 Å². The second-order valence-corrected chi connectivity index (χ2v) is 4.76. The van der Waals surface area contributed by atoms with E-state index < -0.39 is 23.8 Å². The fourth-order valence-electron chi connectivity index (χ4n) is 1.83. The second-order valence-electron chi connectivity index (χ2n) is 4.04. The molecule has 0 aliphatic carbocycles. The third kappa shape index (κ3) is 2.40. The molecule has 1 aromatic heterocycles. The van der Waals surface area contributed by atoms with Crippen LogP contribution in [0.5, 0.6) is 0 Å². The largest absolute Gasteiger partial charge is 0.331 e. The van der Waals surface area contributed by atoms with Gasteiger partial charge >= 0.3 is 6.03 Å². The first kappa shape index (κ1) is 12.7. The summed E-state index contributed by atoms with van der Waals surface area (Å²) < 4.78 is 0. The summed E-state index contributed by atoms with van der Waals surface area (Å²) in [5.41, 5.74) is 2.28. The fraction of sp³-hybridized carbons (Fsp3) is 0.455. The van der Waals surface area contributed by atoms with Gasteiger partial charge in [0.15, 0.2) is 0 Å². The van der Waals surface area contributed by atoms with Gasteiger partial charge in [-0.05, 0) is 6.42 Å². The van der Waals surface area contributed by atoms with Gasteiger partial charge in [0, 0.05) is 5.38 Å².